The highest BCUT2D eigenvalue weighted by molar-refractivity contribution is 5.95. The van der Waals surface area contributed by atoms with Crippen molar-refractivity contribution >= 4 is 5.97 Å². The molecule has 0 unspecified atom stereocenters. The largest absolute Gasteiger partial charge is 0.507 e. The molecule has 0 fully saturated rings. The molecule has 5 nitrogen and oxygen atoms in total. The van der Waals surface area contributed by atoms with E-state index in [4.69, 9.17) is 5.11 Å². The van der Waals surface area contributed by atoms with Gasteiger partial charge in [0.1, 0.15) is 11.3 Å². The number of hydrogen-bond acceptors (Lipinski definition) is 3. The van der Waals surface area contributed by atoms with Gasteiger partial charge in [0.2, 0.25) is 0 Å². The number of rotatable bonds is 2. The van der Waals surface area contributed by atoms with Crippen molar-refractivity contribution < 1.29 is 15.0 Å². The van der Waals surface area contributed by atoms with Gasteiger partial charge in [-0.1, -0.05) is 12.1 Å². The van der Waals surface area contributed by atoms with Crippen LogP contribution >= 0.6 is 0 Å². The van der Waals surface area contributed by atoms with Gasteiger partial charge in [0.25, 0.3) is 0 Å². The van der Waals surface area contributed by atoms with E-state index in [9.17, 15) is 9.90 Å². The van der Waals surface area contributed by atoms with E-state index in [1.54, 1.807) is 18.2 Å². The Morgan fingerprint density at radius 2 is 2.07 bits per heavy atom. The SMILES string of the molecule is O=C(O)c1cn[nH]c1-c1ccccc1O. The molecule has 0 atom stereocenters. The summed E-state index contributed by atoms with van der Waals surface area (Å²) in [4.78, 5) is 10.8. The van der Waals surface area contributed by atoms with Crippen molar-refractivity contribution in [3.8, 4) is 17.0 Å². The van der Waals surface area contributed by atoms with E-state index < -0.39 is 5.97 Å². The summed E-state index contributed by atoms with van der Waals surface area (Å²) in [6, 6.07) is 6.48. The topological polar surface area (TPSA) is 86.2 Å². The summed E-state index contributed by atoms with van der Waals surface area (Å²) in [5.74, 6) is -1.06. The molecule has 76 valence electrons. The quantitative estimate of drug-likeness (QED) is 0.691. The number of phenolic OH excluding ortho intramolecular Hbond substituents is 1. The molecule has 1 aromatic carbocycles. The third-order valence-electron chi connectivity index (χ3n) is 2.04. The second-order valence-electron chi connectivity index (χ2n) is 2.98. The van der Waals surface area contributed by atoms with Crippen LogP contribution in [0.25, 0.3) is 11.3 Å². The van der Waals surface area contributed by atoms with Crippen molar-refractivity contribution in [2.24, 2.45) is 0 Å². The Bertz CT molecular complexity index is 505. The van der Waals surface area contributed by atoms with Crippen molar-refractivity contribution in [3.05, 3.63) is 36.0 Å². The van der Waals surface area contributed by atoms with Crippen molar-refractivity contribution in [1.82, 2.24) is 10.2 Å². The molecular weight excluding hydrogens is 196 g/mol. The fourth-order valence-electron chi connectivity index (χ4n) is 1.34. The number of aromatic hydroxyl groups is 1. The first kappa shape index (κ1) is 9.26. The lowest BCUT2D eigenvalue weighted by Gasteiger charge is -2.02. The first-order valence-corrected chi connectivity index (χ1v) is 4.25. The van der Waals surface area contributed by atoms with Crippen molar-refractivity contribution in [1.29, 1.82) is 0 Å². The van der Waals surface area contributed by atoms with Crippen LogP contribution in [0.15, 0.2) is 30.5 Å². The smallest absolute Gasteiger partial charge is 0.339 e. The number of nitrogens with one attached hydrogen (secondary N) is 1. The molecule has 0 aliphatic carbocycles. The molecule has 0 radical (unpaired) electrons. The average Bonchev–Trinajstić information content (AvgIpc) is 2.67. The number of phenols is 1. The van der Waals surface area contributed by atoms with Crippen LogP contribution in [0.3, 0.4) is 0 Å². The van der Waals surface area contributed by atoms with Crippen LogP contribution in [-0.4, -0.2) is 26.4 Å². The second kappa shape index (κ2) is 3.45. The maximum Gasteiger partial charge on any atom is 0.339 e. The van der Waals surface area contributed by atoms with Gasteiger partial charge in [0.05, 0.1) is 11.9 Å². The van der Waals surface area contributed by atoms with Gasteiger partial charge in [-0.25, -0.2) is 4.79 Å². The summed E-state index contributed by atoms with van der Waals surface area (Å²) in [5.41, 5.74) is 0.768. The predicted molar refractivity (Wildman–Crippen MR) is 52.6 cm³/mol. The molecule has 2 rings (SSSR count). The molecule has 0 saturated heterocycles. The highest BCUT2D eigenvalue weighted by atomic mass is 16.4. The number of hydrogen-bond donors (Lipinski definition) is 3. The Balaban J connectivity index is 2.59. The summed E-state index contributed by atoms with van der Waals surface area (Å²) >= 11 is 0. The van der Waals surface area contributed by atoms with Crippen LogP contribution in [0.1, 0.15) is 10.4 Å². The number of aromatic carboxylic acids is 1. The Kier molecular flexibility index (Phi) is 2.13. The lowest BCUT2D eigenvalue weighted by atomic mass is 10.1. The summed E-state index contributed by atoms with van der Waals surface area (Å²) < 4.78 is 0. The molecular formula is C10H8N2O3. The zero-order valence-electron chi connectivity index (χ0n) is 7.64. The lowest BCUT2D eigenvalue weighted by Crippen LogP contribution is -1.96. The zero-order valence-corrected chi connectivity index (χ0v) is 7.64. The number of nitrogens with zero attached hydrogens (tertiary/aromatic N) is 1. The molecule has 0 aliphatic heterocycles. The molecule has 1 aromatic heterocycles. The number of aromatic amines is 1. The summed E-state index contributed by atoms with van der Waals surface area (Å²) in [5, 5.41) is 24.6. The average molecular weight is 204 g/mol. The Morgan fingerprint density at radius 1 is 1.33 bits per heavy atom. The van der Waals surface area contributed by atoms with Gasteiger partial charge < -0.3 is 10.2 Å². The Hall–Kier alpha value is -2.30. The van der Waals surface area contributed by atoms with Gasteiger partial charge in [-0.2, -0.15) is 5.10 Å². The summed E-state index contributed by atoms with van der Waals surface area (Å²) in [6.45, 7) is 0. The van der Waals surface area contributed by atoms with E-state index >= 15 is 0 Å². The first-order valence-electron chi connectivity index (χ1n) is 4.25. The highest BCUT2D eigenvalue weighted by Crippen LogP contribution is 2.29. The number of carboxylic acids is 1. The van der Waals surface area contributed by atoms with Gasteiger partial charge in [-0.3, -0.25) is 5.10 Å². The van der Waals surface area contributed by atoms with Gasteiger partial charge in [0.15, 0.2) is 0 Å². The Morgan fingerprint density at radius 3 is 2.73 bits per heavy atom. The zero-order chi connectivity index (χ0) is 10.8. The molecule has 0 aliphatic rings. The number of benzene rings is 1. The predicted octanol–water partition coefficient (Wildman–Crippen LogP) is 1.48. The maximum absolute atomic E-state index is 10.8. The van der Waals surface area contributed by atoms with Crippen molar-refractivity contribution in [2.75, 3.05) is 0 Å². The van der Waals surface area contributed by atoms with E-state index in [-0.39, 0.29) is 11.3 Å². The van der Waals surface area contributed by atoms with E-state index in [0.29, 0.717) is 11.3 Å². The van der Waals surface area contributed by atoms with Gasteiger partial charge in [0, 0.05) is 5.56 Å². The fourth-order valence-corrected chi connectivity index (χ4v) is 1.34. The molecule has 0 saturated carbocycles. The first-order chi connectivity index (χ1) is 7.20. The molecule has 0 amide bonds. The highest BCUT2D eigenvalue weighted by Gasteiger charge is 2.15. The second-order valence-corrected chi connectivity index (χ2v) is 2.98. The van der Waals surface area contributed by atoms with Gasteiger partial charge >= 0.3 is 5.97 Å². The minimum atomic E-state index is -1.08. The van der Waals surface area contributed by atoms with Crippen LogP contribution < -0.4 is 0 Å². The van der Waals surface area contributed by atoms with Gasteiger partial charge in [-0.15, -0.1) is 0 Å². The van der Waals surface area contributed by atoms with Crippen LogP contribution in [0.2, 0.25) is 0 Å². The number of carbonyl (C=O) groups is 1. The summed E-state index contributed by atoms with van der Waals surface area (Å²) in [7, 11) is 0. The van der Waals surface area contributed by atoms with Crippen LogP contribution in [-0.2, 0) is 0 Å². The van der Waals surface area contributed by atoms with Crippen LogP contribution in [0.5, 0.6) is 5.75 Å². The van der Waals surface area contributed by atoms with Crippen molar-refractivity contribution in [3.63, 3.8) is 0 Å². The molecule has 15 heavy (non-hydrogen) atoms. The number of para-hydroxylation sites is 1. The maximum atomic E-state index is 10.8. The third-order valence-corrected chi connectivity index (χ3v) is 2.04. The minimum absolute atomic E-state index is 0.0178. The number of aromatic nitrogens is 2. The van der Waals surface area contributed by atoms with E-state index in [2.05, 4.69) is 10.2 Å². The van der Waals surface area contributed by atoms with E-state index in [0.717, 1.165) is 0 Å². The third kappa shape index (κ3) is 1.54. The van der Waals surface area contributed by atoms with Crippen LogP contribution in [0.4, 0.5) is 0 Å². The van der Waals surface area contributed by atoms with Crippen molar-refractivity contribution in [2.45, 2.75) is 0 Å². The molecule has 0 bridgehead atoms. The standard InChI is InChI=1S/C10H8N2O3/c13-8-4-2-1-3-6(8)9-7(10(14)15)5-11-12-9/h1-5,13H,(H,11,12)(H,14,15). The normalized spacial score (nSPS) is 10.1. The molecule has 1 heterocycles. The summed E-state index contributed by atoms with van der Waals surface area (Å²) in [6.07, 6.45) is 1.21. The van der Waals surface area contributed by atoms with Gasteiger partial charge in [-0.05, 0) is 12.1 Å². The monoisotopic (exact) mass is 204 g/mol. The molecule has 5 heteroatoms. The minimum Gasteiger partial charge on any atom is -0.507 e. The molecule has 0 spiro atoms. The molecule has 3 N–H and O–H groups in total. The number of H-pyrrole nitrogens is 1. The fraction of sp³-hybridized carbons (Fsp3) is 0. The van der Waals surface area contributed by atoms with E-state index in [1.807, 2.05) is 0 Å². The number of carboxylic acid groups (broad SMARTS) is 1. The Labute approximate surface area is 85.0 Å². The van der Waals surface area contributed by atoms with Crippen LogP contribution in [0, 0.1) is 0 Å². The molecule has 2 aromatic rings. The lowest BCUT2D eigenvalue weighted by molar-refractivity contribution is 0.0698. The van der Waals surface area contributed by atoms with E-state index in [1.165, 1.54) is 12.3 Å².